The van der Waals surface area contributed by atoms with Crippen LogP contribution in [0.25, 0.3) is 0 Å². The molecule has 1 atom stereocenters. The maximum atomic E-state index is 13.0. The van der Waals surface area contributed by atoms with Crippen molar-refractivity contribution in [2.45, 2.75) is 24.4 Å². The highest BCUT2D eigenvalue weighted by molar-refractivity contribution is 7.10. The van der Waals surface area contributed by atoms with Crippen LogP contribution in [0.4, 0.5) is 0 Å². The first kappa shape index (κ1) is 18.1. The predicted octanol–water partition coefficient (Wildman–Crippen LogP) is 3.09. The summed E-state index contributed by atoms with van der Waals surface area (Å²) in [6.07, 6.45) is 1.94. The Morgan fingerprint density at radius 2 is 1.84 bits per heavy atom. The van der Waals surface area contributed by atoms with Crippen LogP contribution in [0.2, 0.25) is 0 Å². The number of nitrogens with zero attached hydrogens (tertiary/aromatic N) is 2. The number of benzene rings is 1. The van der Waals surface area contributed by atoms with Crippen molar-refractivity contribution in [3.8, 4) is 0 Å². The molecule has 1 N–H and O–H groups in total. The molecule has 2 heterocycles. The van der Waals surface area contributed by atoms with Crippen molar-refractivity contribution in [2.24, 2.45) is 0 Å². The lowest BCUT2D eigenvalue weighted by Gasteiger charge is -2.46. The minimum Gasteiger partial charge on any atom is -0.341 e. The van der Waals surface area contributed by atoms with Gasteiger partial charge in [0.15, 0.2) is 0 Å². The molecule has 3 rings (SSSR count). The van der Waals surface area contributed by atoms with Gasteiger partial charge >= 0.3 is 0 Å². The van der Waals surface area contributed by atoms with Crippen LogP contribution < -0.4 is 5.32 Å². The Bertz CT molecular complexity index is 676. The number of piperidine rings is 1. The highest BCUT2D eigenvalue weighted by Gasteiger charge is 2.40. The lowest BCUT2D eigenvalue weighted by Crippen LogP contribution is -2.53. The average Bonchev–Trinajstić information content (AvgIpc) is 3.18. The van der Waals surface area contributed by atoms with Gasteiger partial charge in [0, 0.05) is 18.0 Å². The summed E-state index contributed by atoms with van der Waals surface area (Å²) in [6.45, 7) is 1.58. The van der Waals surface area contributed by atoms with E-state index < -0.39 is 0 Å². The highest BCUT2D eigenvalue weighted by atomic mass is 32.1. The second-order valence-electron chi connectivity index (χ2n) is 6.86. The summed E-state index contributed by atoms with van der Waals surface area (Å²) in [5.41, 5.74) is 1.07. The normalized spacial score (nSPS) is 18.3. The third-order valence-corrected chi connectivity index (χ3v) is 6.47. The lowest BCUT2D eigenvalue weighted by atomic mass is 9.84. The van der Waals surface area contributed by atoms with Crippen LogP contribution >= 0.6 is 11.3 Å². The molecule has 0 saturated carbocycles. The van der Waals surface area contributed by atoms with E-state index in [9.17, 15) is 4.79 Å². The number of thiophene rings is 1. The Kier molecular flexibility index (Phi) is 5.57. The van der Waals surface area contributed by atoms with Crippen LogP contribution in [0.15, 0.2) is 47.8 Å². The van der Waals surface area contributed by atoms with Gasteiger partial charge in [0.05, 0.1) is 5.54 Å². The molecule has 0 aliphatic carbocycles. The summed E-state index contributed by atoms with van der Waals surface area (Å²) >= 11 is 1.82. The molecule has 134 valence electrons. The number of amides is 1. The number of likely N-dealkylation sites (N-methyl/N-ethyl adjacent to an activating group) is 1. The van der Waals surface area contributed by atoms with E-state index in [0.717, 1.165) is 31.5 Å². The van der Waals surface area contributed by atoms with Crippen molar-refractivity contribution in [1.82, 2.24) is 15.1 Å². The minimum atomic E-state index is -0.269. The van der Waals surface area contributed by atoms with Crippen molar-refractivity contribution in [3.63, 3.8) is 0 Å². The fourth-order valence-electron chi connectivity index (χ4n) is 3.82. The Hall–Kier alpha value is -1.69. The second-order valence-corrected chi connectivity index (χ2v) is 7.81. The molecule has 0 radical (unpaired) electrons. The van der Waals surface area contributed by atoms with E-state index in [2.05, 4.69) is 41.8 Å². The zero-order valence-electron chi connectivity index (χ0n) is 15.2. The Labute approximate surface area is 154 Å². The molecule has 0 spiro atoms. The minimum absolute atomic E-state index is 0.0484. The van der Waals surface area contributed by atoms with E-state index in [4.69, 9.17) is 0 Å². The maximum Gasteiger partial charge on any atom is 0.244 e. The first-order valence-electron chi connectivity index (χ1n) is 8.81. The average molecular weight is 358 g/mol. The number of carbonyl (C=O) groups excluding carboxylic acids is 1. The molecule has 25 heavy (non-hydrogen) atoms. The quantitative estimate of drug-likeness (QED) is 0.893. The molecule has 1 aromatic heterocycles. The van der Waals surface area contributed by atoms with E-state index in [1.807, 2.05) is 53.6 Å². The van der Waals surface area contributed by atoms with Crippen molar-refractivity contribution in [2.75, 3.05) is 34.2 Å². The number of hydrogen-bond acceptors (Lipinski definition) is 4. The van der Waals surface area contributed by atoms with Crippen molar-refractivity contribution >= 4 is 17.2 Å². The van der Waals surface area contributed by atoms with E-state index >= 15 is 0 Å². The molecular formula is C20H27N3OS. The molecule has 1 unspecified atom stereocenters. The van der Waals surface area contributed by atoms with Crippen LogP contribution in [0.3, 0.4) is 0 Å². The fourth-order valence-corrected chi connectivity index (χ4v) is 4.88. The summed E-state index contributed by atoms with van der Waals surface area (Å²) in [5.74, 6) is 0.173. The monoisotopic (exact) mass is 357 g/mol. The second kappa shape index (κ2) is 7.68. The van der Waals surface area contributed by atoms with Gasteiger partial charge in [-0.3, -0.25) is 9.69 Å². The van der Waals surface area contributed by atoms with Gasteiger partial charge in [0.1, 0.15) is 6.04 Å². The van der Waals surface area contributed by atoms with Crippen molar-refractivity contribution in [3.05, 3.63) is 58.3 Å². The number of carbonyl (C=O) groups is 1. The molecule has 1 aliphatic heterocycles. The molecule has 1 aromatic carbocycles. The zero-order chi connectivity index (χ0) is 17.9. The summed E-state index contributed by atoms with van der Waals surface area (Å²) in [5, 5.41) is 5.33. The van der Waals surface area contributed by atoms with Gasteiger partial charge in [0.25, 0.3) is 0 Å². The van der Waals surface area contributed by atoms with Crippen LogP contribution in [0.5, 0.6) is 0 Å². The van der Waals surface area contributed by atoms with E-state index in [-0.39, 0.29) is 17.5 Å². The van der Waals surface area contributed by atoms with Crippen LogP contribution in [0, 0.1) is 0 Å². The van der Waals surface area contributed by atoms with E-state index in [0.29, 0.717) is 0 Å². The van der Waals surface area contributed by atoms with E-state index in [1.165, 1.54) is 4.88 Å². The van der Waals surface area contributed by atoms with Gasteiger partial charge < -0.3 is 10.2 Å². The first-order valence-corrected chi connectivity index (χ1v) is 9.69. The topological polar surface area (TPSA) is 35.6 Å². The number of hydrogen-bond donors (Lipinski definition) is 1. The SMILES string of the molecule is CNC(C(=O)N1CCC(c2cccs2)(N(C)C)CC1)c1ccccc1. The molecule has 0 bridgehead atoms. The van der Waals surface area contributed by atoms with Crippen molar-refractivity contribution < 1.29 is 4.79 Å². The van der Waals surface area contributed by atoms with Crippen LogP contribution in [-0.4, -0.2) is 49.9 Å². The van der Waals surface area contributed by atoms with Gasteiger partial charge in [-0.05, 0) is 51.0 Å². The standard InChI is InChI=1S/C20H27N3OS/c1-21-18(16-8-5-4-6-9-16)19(24)23-13-11-20(12-14-23,22(2)3)17-10-7-15-25-17/h4-10,15,18,21H,11-14H2,1-3H3. The number of likely N-dealkylation sites (tertiary alicyclic amines) is 1. The van der Waals surface area contributed by atoms with Gasteiger partial charge in [-0.25, -0.2) is 0 Å². The van der Waals surface area contributed by atoms with Gasteiger partial charge in [0.2, 0.25) is 5.91 Å². The fraction of sp³-hybridized carbons (Fsp3) is 0.450. The lowest BCUT2D eigenvalue weighted by molar-refractivity contribution is -0.136. The third kappa shape index (κ3) is 3.50. The summed E-state index contributed by atoms with van der Waals surface area (Å²) in [6, 6.07) is 14.0. The molecule has 1 saturated heterocycles. The highest BCUT2D eigenvalue weighted by Crippen LogP contribution is 2.40. The predicted molar refractivity (Wildman–Crippen MR) is 104 cm³/mol. The van der Waals surface area contributed by atoms with Gasteiger partial charge in [-0.2, -0.15) is 0 Å². The molecule has 4 nitrogen and oxygen atoms in total. The molecule has 1 amide bonds. The smallest absolute Gasteiger partial charge is 0.244 e. The van der Waals surface area contributed by atoms with Crippen LogP contribution in [0.1, 0.15) is 29.3 Å². The molecule has 2 aromatic rings. The summed E-state index contributed by atoms with van der Waals surface area (Å²) in [7, 11) is 6.16. The Morgan fingerprint density at radius 3 is 2.36 bits per heavy atom. The molecular weight excluding hydrogens is 330 g/mol. The molecule has 1 aliphatic rings. The largest absolute Gasteiger partial charge is 0.341 e. The van der Waals surface area contributed by atoms with Gasteiger partial charge in [-0.15, -0.1) is 11.3 Å². The number of rotatable bonds is 5. The van der Waals surface area contributed by atoms with Crippen molar-refractivity contribution in [1.29, 1.82) is 0 Å². The zero-order valence-corrected chi connectivity index (χ0v) is 16.1. The third-order valence-electron chi connectivity index (χ3n) is 5.41. The Balaban J connectivity index is 1.74. The van der Waals surface area contributed by atoms with Crippen LogP contribution in [-0.2, 0) is 10.3 Å². The maximum absolute atomic E-state index is 13.0. The van der Waals surface area contributed by atoms with Gasteiger partial charge in [-0.1, -0.05) is 36.4 Å². The Morgan fingerprint density at radius 1 is 1.16 bits per heavy atom. The first-order chi connectivity index (χ1) is 12.1. The summed E-state index contributed by atoms with van der Waals surface area (Å²) in [4.78, 5) is 18.8. The number of nitrogens with one attached hydrogen (secondary N) is 1. The summed E-state index contributed by atoms with van der Waals surface area (Å²) < 4.78 is 0. The van der Waals surface area contributed by atoms with E-state index in [1.54, 1.807) is 0 Å². The molecule has 5 heteroatoms. The molecule has 1 fully saturated rings.